The Morgan fingerprint density at radius 1 is 1.48 bits per heavy atom. The van der Waals surface area contributed by atoms with Gasteiger partial charge in [0, 0.05) is 13.1 Å². The fourth-order valence-electron chi connectivity index (χ4n) is 2.90. The molecule has 2 aromatic heterocycles. The van der Waals surface area contributed by atoms with Crippen molar-refractivity contribution in [2.45, 2.75) is 26.2 Å². The molecular formula is C17H23N3O2S. The van der Waals surface area contributed by atoms with E-state index in [1.807, 2.05) is 22.4 Å². The minimum absolute atomic E-state index is 0.151. The van der Waals surface area contributed by atoms with Gasteiger partial charge in [-0.1, -0.05) is 13.0 Å². The molecule has 3 rings (SSSR count). The highest BCUT2D eigenvalue weighted by molar-refractivity contribution is 7.13. The summed E-state index contributed by atoms with van der Waals surface area (Å²) in [5, 5.41) is 5.38. The monoisotopic (exact) mass is 333 g/mol. The largest absolute Gasteiger partial charge is 0.444 e. The number of carbonyl (C=O) groups excluding carboxylic acids is 1. The zero-order valence-electron chi connectivity index (χ0n) is 13.5. The lowest BCUT2D eigenvalue weighted by atomic mass is 9.96. The molecule has 0 unspecified atom stereocenters. The Balaban J connectivity index is 1.50. The number of nitrogens with one attached hydrogen (secondary N) is 1. The molecule has 0 saturated carbocycles. The van der Waals surface area contributed by atoms with Gasteiger partial charge in [0.2, 0.25) is 11.8 Å². The summed E-state index contributed by atoms with van der Waals surface area (Å²) in [6.45, 7) is 5.90. The van der Waals surface area contributed by atoms with E-state index < -0.39 is 0 Å². The average Bonchev–Trinajstić information content (AvgIpc) is 3.24. The van der Waals surface area contributed by atoms with E-state index in [0.29, 0.717) is 23.9 Å². The quantitative estimate of drug-likeness (QED) is 0.883. The molecule has 1 aliphatic heterocycles. The van der Waals surface area contributed by atoms with Gasteiger partial charge in [0.25, 0.3) is 0 Å². The fourth-order valence-corrected chi connectivity index (χ4v) is 3.56. The standard InChI is InChI=1S/C17H23N3O2S/c1-2-18-11-13-5-7-20(8-6-13)16(21)10-14-12-22-17(19-14)15-4-3-9-23-15/h3-4,9,12-13,18H,2,5-8,10-11H2,1H3. The van der Waals surface area contributed by atoms with Crippen LogP contribution in [0.1, 0.15) is 25.5 Å². The predicted molar refractivity (Wildman–Crippen MR) is 91.4 cm³/mol. The molecule has 6 heteroatoms. The van der Waals surface area contributed by atoms with Crippen LogP contribution in [0.4, 0.5) is 0 Å². The number of hydrogen-bond donors (Lipinski definition) is 1. The lowest BCUT2D eigenvalue weighted by molar-refractivity contribution is -0.131. The second kappa shape index (κ2) is 7.75. The molecule has 1 fully saturated rings. The van der Waals surface area contributed by atoms with E-state index in [1.165, 1.54) is 0 Å². The van der Waals surface area contributed by atoms with Crippen molar-refractivity contribution in [3.05, 3.63) is 29.5 Å². The average molecular weight is 333 g/mol. The van der Waals surface area contributed by atoms with Crippen molar-refractivity contribution in [1.82, 2.24) is 15.2 Å². The SMILES string of the molecule is CCNCC1CCN(C(=O)Cc2coc(-c3cccs3)n2)CC1. The summed E-state index contributed by atoms with van der Waals surface area (Å²) >= 11 is 1.59. The molecule has 2 aromatic rings. The summed E-state index contributed by atoms with van der Waals surface area (Å²) in [6.07, 6.45) is 4.09. The summed E-state index contributed by atoms with van der Waals surface area (Å²) in [7, 11) is 0. The highest BCUT2D eigenvalue weighted by Gasteiger charge is 2.23. The van der Waals surface area contributed by atoms with Crippen LogP contribution in [-0.2, 0) is 11.2 Å². The van der Waals surface area contributed by atoms with E-state index >= 15 is 0 Å². The van der Waals surface area contributed by atoms with Gasteiger partial charge in [-0.2, -0.15) is 0 Å². The second-order valence-corrected chi connectivity index (χ2v) is 6.88. The van der Waals surface area contributed by atoms with Crippen LogP contribution in [0, 0.1) is 5.92 Å². The van der Waals surface area contributed by atoms with Gasteiger partial charge in [0.15, 0.2) is 0 Å². The van der Waals surface area contributed by atoms with Crippen molar-refractivity contribution in [3.8, 4) is 10.8 Å². The zero-order valence-corrected chi connectivity index (χ0v) is 14.3. The first-order chi connectivity index (χ1) is 11.3. The molecule has 23 heavy (non-hydrogen) atoms. The maximum atomic E-state index is 12.4. The number of oxazole rings is 1. The normalized spacial score (nSPS) is 16.0. The van der Waals surface area contributed by atoms with E-state index in [0.717, 1.165) is 43.9 Å². The van der Waals surface area contributed by atoms with Crippen molar-refractivity contribution in [2.24, 2.45) is 5.92 Å². The molecule has 124 valence electrons. The number of rotatable bonds is 6. The molecule has 0 aliphatic carbocycles. The van der Waals surface area contributed by atoms with Crippen molar-refractivity contribution < 1.29 is 9.21 Å². The topological polar surface area (TPSA) is 58.4 Å². The summed E-state index contributed by atoms with van der Waals surface area (Å²) in [5.74, 6) is 1.45. The summed E-state index contributed by atoms with van der Waals surface area (Å²) in [6, 6.07) is 3.93. The molecule has 0 aromatic carbocycles. The van der Waals surface area contributed by atoms with Gasteiger partial charge < -0.3 is 14.6 Å². The van der Waals surface area contributed by atoms with Crippen LogP contribution in [0.2, 0.25) is 0 Å². The van der Waals surface area contributed by atoms with Crippen molar-refractivity contribution in [2.75, 3.05) is 26.2 Å². The molecule has 0 spiro atoms. The van der Waals surface area contributed by atoms with E-state index in [4.69, 9.17) is 4.42 Å². The van der Waals surface area contributed by atoms with Gasteiger partial charge >= 0.3 is 0 Å². The molecule has 1 aliphatic rings. The number of likely N-dealkylation sites (tertiary alicyclic amines) is 1. The van der Waals surface area contributed by atoms with Gasteiger partial charge in [0.1, 0.15) is 6.26 Å². The molecule has 0 bridgehead atoms. The van der Waals surface area contributed by atoms with Crippen LogP contribution in [0.5, 0.6) is 0 Å². The van der Waals surface area contributed by atoms with Crippen LogP contribution in [0.15, 0.2) is 28.2 Å². The van der Waals surface area contributed by atoms with Gasteiger partial charge in [-0.25, -0.2) is 4.98 Å². The summed E-state index contributed by atoms with van der Waals surface area (Å²) in [4.78, 5) is 19.8. The predicted octanol–water partition coefficient (Wildman–Crippen LogP) is 2.79. The Hall–Kier alpha value is -1.66. The van der Waals surface area contributed by atoms with E-state index in [1.54, 1.807) is 17.6 Å². The first-order valence-electron chi connectivity index (χ1n) is 8.23. The molecule has 0 radical (unpaired) electrons. The van der Waals surface area contributed by atoms with Gasteiger partial charge in [-0.05, 0) is 43.3 Å². The van der Waals surface area contributed by atoms with E-state index in [2.05, 4.69) is 17.2 Å². The Morgan fingerprint density at radius 2 is 2.30 bits per heavy atom. The smallest absolute Gasteiger partial charge is 0.236 e. The minimum Gasteiger partial charge on any atom is -0.444 e. The Labute approximate surface area is 140 Å². The third-order valence-corrected chi connectivity index (χ3v) is 5.12. The fraction of sp³-hybridized carbons (Fsp3) is 0.529. The van der Waals surface area contributed by atoms with Crippen molar-refractivity contribution >= 4 is 17.2 Å². The number of thiophene rings is 1. The number of piperidine rings is 1. The van der Waals surface area contributed by atoms with Crippen molar-refractivity contribution in [3.63, 3.8) is 0 Å². The lowest BCUT2D eigenvalue weighted by Gasteiger charge is -2.32. The van der Waals surface area contributed by atoms with Gasteiger partial charge in [-0.3, -0.25) is 4.79 Å². The number of nitrogens with zero attached hydrogens (tertiary/aromatic N) is 2. The molecule has 1 N–H and O–H groups in total. The third-order valence-electron chi connectivity index (χ3n) is 4.27. The Morgan fingerprint density at radius 3 is 3.00 bits per heavy atom. The van der Waals surface area contributed by atoms with E-state index in [-0.39, 0.29) is 5.91 Å². The van der Waals surface area contributed by atoms with Crippen LogP contribution < -0.4 is 5.32 Å². The first kappa shape index (κ1) is 16.2. The van der Waals surface area contributed by atoms with E-state index in [9.17, 15) is 4.79 Å². The minimum atomic E-state index is 0.151. The Bertz CT molecular complexity index is 616. The molecular weight excluding hydrogens is 310 g/mol. The lowest BCUT2D eigenvalue weighted by Crippen LogP contribution is -2.41. The molecule has 1 saturated heterocycles. The Kier molecular flexibility index (Phi) is 5.46. The number of amides is 1. The maximum Gasteiger partial charge on any atom is 0.236 e. The molecule has 1 amide bonds. The van der Waals surface area contributed by atoms with Crippen LogP contribution >= 0.6 is 11.3 Å². The molecule has 3 heterocycles. The summed E-state index contributed by atoms with van der Waals surface area (Å²) < 4.78 is 5.48. The second-order valence-electron chi connectivity index (χ2n) is 5.93. The number of aromatic nitrogens is 1. The number of hydrogen-bond acceptors (Lipinski definition) is 5. The third kappa shape index (κ3) is 4.20. The van der Waals surface area contributed by atoms with Crippen LogP contribution in [-0.4, -0.2) is 42.0 Å². The first-order valence-corrected chi connectivity index (χ1v) is 9.11. The molecule has 5 nitrogen and oxygen atoms in total. The molecule has 0 atom stereocenters. The highest BCUT2D eigenvalue weighted by atomic mass is 32.1. The van der Waals surface area contributed by atoms with Crippen LogP contribution in [0.3, 0.4) is 0 Å². The van der Waals surface area contributed by atoms with Gasteiger partial charge in [0.05, 0.1) is 17.0 Å². The highest BCUT2D eigenvalue weighted by Crippen LogP contribution is 2.24. The zero-order chi connectivity index (χ0) is 16.1. The summed E-state index contributed by atoms with van der Waals surface area (Å²) in [5.41, 5.74) is 0.716. The van der Waals surface area contributed by atoms with Gasteiger partial charge in [-0.15, -0.1) is 11.3 Å². The van der Waals surface area contributed by atoms with Crippen LogP contribution in [0.25, 0.3) is 10.8 Å². The maximum absolute atomic E-state index is 12.4. The van der Waals surface area contributed by atoms with Crippen molar-refractivity contribution in [1.29, 1.82) is 0 Å². The number of carbonyl (C=O) groups is 1.